The van der Waals surface area contributed by atoms with Crippen LogP contribution in [0.2, 0.25) is 0 Å². The van der Waals surface area contributed by atoms with Crippen molar-refractivity contribution in [3.63, 3.8) is 0 Å². The molecule has 1 aromatic carbocycles. The van der Waals surface area contributed by atoms with Crippen LogP contribution in [0.3, 0.4) is 0 Å². The van der Waals surface area contributed by atoms with Crippen LogP contribution in [0.5, 0.6) is 0 Å². The van der Waals surface area contributed by atoms with E-state index in [-0.39, 0.29) is 36.8 Å². The summed E-state index contributed by atoms with van der Waals surface area (Å²) in [5.41, 5.74) is 2.45. The highest BCUT2D eigenvalue weighted by Crippen LogP contribution is 2.14. The summed E-state index contributed by atoms with van der Waals surface area (Å²) < 4.78 is 0. The third-order valence-electron chi connectivity index (χ3n) is 5.02. The van der Waals surface area contributed by atoms with Crippen molar-refractivity contribution in [3.8, 4) is 0 Å². The fraction of sp³-hybridized carbons (Fsp3) is 0.632. The Kier molecular flexibility index (Phi) is 10.5. The van der Waals surface area contributed by atoms with Crippen LogP contribution in [-0.2, 0) is 17.9 Å². The van der Waals surface area contributed by atoms with E-state index in [1.807, 2.05) is 0 Å². The number of carbonyl (C=O) groups excluding carboxylic acids is 1. The van der Waals surface area contributed by atoms with E-state index in [9.17, 15) is 9.90 Å². The standard InChI is InChI=1S/C19H29N3O2.2ClH/c23-17-11-18(20-13-17)19(24)21-12-15-5-7-16(8-6-15)14-22-9-3-1-2-4-10-22;;/h5-8,17-18,20,23H,1-4,9-14H2,(H,21,24);2*1H. The number of rotatable bonds is 5. The Morgan fingerprint density at radius 3 is 2.27 bits per heavy atom. The lowest BCUT2D eigenvalue weighted by atomic mass is 10.1. The zero-order chi connectivity index (χ0) is 16.8. The van der Waals surface area contributed by atoms with Gasteiger partial charge in [0, 0.05) is 19.6 Å². The largest absolute Gasteiger partial charge is 0.392 e. The maximum absolute atomic E-state index is 12.0. The molecule has 2 saturated heterocycles. The van der Waals surface area contributed by atoms with Crippen LogP contribution in [0.25, 0.3) is 0 Å². The summed E-state index contributed by atoms with van der Waals surface area (Å²) in [4.78, 5) is 14.6. The Morgan fingerprint density at radius 1 is 1.08 bits per heavy atom. The number of β-amino-alcohol motifs (C(OH)–C–C–N with tert-alkyl or cyclic N) is 1. The van der Waals surface area contributed by atoms with E-state index in [0.717, 1.165) is 12.1 Å². The van der Waals surface area contributed by atoms with Crippen molar-refractivity contribution in [2.45, 2.75) is 57.3 Å². The van der Waals surface area contributed by atoms with Crippen LogP contribution in [0.4, 0.5) is 0 Å². The van der Waals surface area contributed by atoms with Gasteiger partial charge in [-0.05, 0) is 43.5 Å². The van der Waals surface area contributed by atoms with Gasteiger partial charge >= 0.3 is 0 Å². The van der Waals surface area contributed by atoms with Crippen molar-refractivity contribution in [1.82, 2.24) is 15.5 Å². The number of amides is 1. The number of nitrogens with zero attached hydrogens (tertiary/aromatic N) is 1. The monoisotopic (exact) mass is 403 g/mol. The number of likely N-dealkylation sites (tertiary alicyclic amines) is 1. The number of aliphatic hydroxyl groups excluding tert-OH is 1. The topological polar surface area (TPSA) is 64.6 Å². The average Bonchev–Trinajstić information content (AvgIpc) is 2.87. The molecule has 2 unspecified atom stereocenters. The van der Waals surface area contributed by atoms with Crippen molar-refractivity contribution >= 4 is 30.7 Å². The molecule has 26 heavy (non-hydrogen) atoms. The van der Waals surface area contributed by atoms with E-state index in [2.05, 4.69) is 39.8 Å². The normalized spacial score (nSPS) is 23.4. The highest BCUT2D eigenvalue weighted by molar-refractivity contribution is 5.85. The van der Waals surface area contributed by atoms with Crippen molar-refractivity contribution in [2.75, 3.05) is 19.6 Å². The number of hydrogen-bond acceptors (Lipinski definition) is 4. The van der Waals surface area contributed by atoms with E-state index >= 15 is 0 Å². The first-order chi connectivity index (χ1) is 11.7. The highest BCUT2D eigenvalue weighted by Gasteiger charge is 2.27. The van der Waals surface area contributed by atoms with Gasteiger partial charge in [-0.25, -0.2) is 0 Å². The van der Waals surface area contributed by atoms with Gasteiger partial charge in [0.15, 0.2) is 0 Å². The predicted octanol–water partition coefficient (Wildman–Crippen LogP) is 2.25. The van der Waals surface area contributed by atoms with Gasteiger partial charge in [0.1, 0.15) is 0 Å². The van der Waals surface area contributed by atoms with Crippen LogP contribution in [0, 0.1) is 0 Å². The lowest BCUT2D eigenvalue weighted by Crippen LogP contribution is -2.40. The Hall–Kier alpha value is -0.850. The van der Waals surface area contributed by atoms with Crippen LogP contribution < -0.4 is 10.6 Å². The lowest BCUT2D eigenvalue weighted by Gasteiger charge is -2.19. The quantitative estimate of drug-likeness (QED) is 0.705. The number of halogens is 2. The second kappa shape index (κ2) is 11.8. The molecular weight excluding hydrogens is 373 g/mol. The molecule has 0 aromatic heterocycles. The summed E-state index contributed by atoms with van der Waals surface area (Å²) in [5.74, 6) is -0.0276. The first kappa shape index (κ1) is 23.2. The molecule has 5 nitrogen and oxygen atoms in total. The minimum atomic E-state index is -0.404. The van der Waals surface area contributed by atoms with Gasteiger partial charge in [-0.1, -0.05) is 37.1 Å². The molecule has 3 rings (SSSR count). The summed E-state index contributed by atoms with van der Waals surface area (Å²) in [6, 6.07) is 8.28. The van der Waals surface area contributed by atoms with Gasteiger partial charge in [-0.15, -0.1) is 24.8 Å². The maximum Gasteiger partial charge on any atom is 0.237 e. The van der Waals surface area contributed by atoms with Crippen LogP contribution in [-0.4, -0.2) is 47.7 Å². The predicted molar refractivity (Wildman–Crippen MR) is 109 cm³/mol. The summed E-state index contributed by atoms with van der Waals surface area (Å²) in [7, 11) is 0. The molecule has 0 saturated carbocycles. The summed E-state index contributed by atoms with van der Waals surface area (Å²) in [5, 5.41) is 15.5. The first-order valence-corrected chi connectivity index (χ1v) is 9.20. The fourth-order valence-corrected chi connectivity index (χ4v) is 3.54. The highest BCUT2D eigenvalue weighted by atomic mass is 35.5. The van der Waals surface area contributed by atoms with Crippen molar-refractivity contribution in [1.29, 1.82) is 0 Å². The fourth-order valence-electron chi connectivity index (χ4n) is 3.54. The van der Waals surface area contributed by atoms with E-state index in [1.54, 1.807) is 0 Å². The second-order valence-corrected chi connectivity index (χ2v) is 7.08. The lowest BCUT2D eigenvalue weighted by molar-refractivity contribution is -0.123. The van der Waals surface area contributed by atoms with Gasteiger partial charge in [-0.2, -0.15) is 0 Å². The van der Waals surface area contributed by atoms with Gasteiger partial charge in [0.25, 0.3) is 0 Å². The molecule has 2 aliphatic heterocycles. The van der Waals surface area contributed by atoms with Crippen molar-refractivity contribution < 1.29 is 9.90 Å². The Bertz CT molecular complexity index is 534. The molecule has 148 valence electrons. The smallest absolute Gasteiger partial charge is 0.237 e. The molecule has 1 aromatic rings. The van der Waals surface area contributed by atoms with E-state index in [1.165, 1.54) is 44.3 Å². The third-order valence-corrected chi connectivity index (χ3v) is 5.02. The van der Waals surface area contributed by atoms with Crippen LogP contribution >= 0.6 is 24.8 Å². The first-order valence-electron chi connectivity index (χ1n) is 9.20. The molecule has 0 radical (unpaired) electrons. The molecule has 2 heterocycles. The third kappa shape index (κ3) is 7.05. The van der Waals surface area contributed by atoms with Crippen molar-refractivity contribution in [2.24, 2.45) is 0 Å². The summed E-state index contributed by atoms with van der Waals surface area (Å²) in [6.45, 7) is 4.48. The summed E-state index contributed by atoms with van der Waals surface area (Å²) >= 11 is 0. The van der Waals surface area contributed by atoms with Gasteiger partial charge in [0.2, 0.25) is 5.91 Å². The molecule has 1 amide bonds. The zero-order valence-corrected chi connectivity index (χ0v) is 16.8. The maximum atomic E-state index is 12.0. The van der Waals surface area contributed by atoms with E-state index < -0.39 is 6.10 Å². The number of benzene rings is 1. The van der Waals surface area contributed by atoms with Gasteiger partial charge < -0.3 is 15.7 Å². The molecule has 7 heteroatoms. The number of aliphatic hydroxyl groups is 1. The van der Waals surface area contributed by atoms with Crippen LogP contribution in [0.15, 0.2) is 24.3 Å². The van der Waals surface area contributed by atoms with E-state index in [4.69, 9.17) is 0 Å². The molecule has 2 fully saturated rings. The van der Waals surface area contributed by atoms with E-state index in [0.29, 0.717) is 19.5 Å². The SMILES string of the molecule is Cl.Cl.O=C(NCc1ccc(CN2CCCCCC2)cc1)C1CC(O)CN1. The van der Waals surface area contributed by atoms with Crippen LogP contribution in [0.1, 0.15) is 43.2 Å². The average molecular weight is 404 g/mol. The molecule has 0 bridgehead atoms. The Morgan fingerprint density at radius 2 is 1.69 bits per heavy atom. The Labute approximate surface area is 168 Å². The number of nitrogens with one attached hydrogen (secondary N) is 2. The number of hydrogen-bond donors (Lipinski definition) is 3. The zero-order valence-electron chi connectivity index (χ0n) is 15.2. The molecule has 0 aliphatic carbocycles. The molecule has 3 N–H and O–H groups in total. The van der Waals surface area contributed by atoms with Crippen molar-refractivity contribution in [3.05, 3.63) is 35.4 Å². The summed E-state index contributed by atoms with van der Waals surface area (Å²) in [6.07, 6.45) is 5.45. The molecule has 2 aliphatic rings. The molecule has 0 spiro atoms. The molecular formula is C19H31Cl2N3O2. The molecule has 2 atom stereocenters. The Balaban J connectivity index is 0.00000169. The minimum absolute atomic E-state index is 0. The van der Waals surface area contributed by atoms with Gasteiger partial charge in [0.05, 0.1) is 12.1 Å². The van der Waals surface area contributed by atoms with Gasteiger partial charge in [-0.3, -0.25) is 9.69 Å². The second-order valence-electron chi connectivity index (χ2n) is 7.08. The minimum Gasteiger partial charge on any atom is -0.392 e. The number of carbonyl (C=O) groups is 1.